The molecule has 2 N–H and O–H groups in total. The summed E-state index contributed by atoms with van der Waals surface area (Å²) in [5.41, 5.74) is 1.29. The summed E-state index contributed by atoms with van der Waals surface area (Å²) in [6.07, 6.45) is 5.43. The van der Waals surface area contributed by atoms with E-state index in [4.69, 9.17) is 9.47 Å². The third-order valence-electron chi connectivity index (χ3n) is 7.97. The average Bonchev–Trinajstić information content (AvgIpc) is 3.49. The van der Waals surface area contributed by atoms with Crippen LogP contribution < -0.4 is 5.32 Å². The third kappa shape index (κ3) is 13.0. The van der Waals surface area contributed by atoms with E-state index in [-0.39, 0.29) is 54.6 Å². The lowest BCUT2D eigenvalue weighted by molar-refractivity contribution is -0.144. The van der Waals surface area contributed by atoms with Gasteiger partial charge < -0.3 is 24.8 Å². The first-order chi connectivity index (χ1) is 21.1. The van der Waals surface area contributed by atoms with Crippen LogP contribution in [0.3, 0.4) is 0 Å². The van der Waals surface area contributed by atoms with Crippen LogP contribution in [0.15, 0.2) is 35.7 Å². The Morgan fingerprint density at radius 1 is 1.09 bits per heavy atom. The maximum absolute atomic E-state index is 13.5. The topological polar surface area (TPSA) is 118 Å². The van der Waals surface area contributed by atoms with Gasteiger partial charge >= 0.3 is 5.97 Å². The van der Waals surface area contributed by atoms with Crippen LogP contribution in [0.1, 0.15) is 113 Å². The number of thiazole rings is 1. The smallest absolute Gasteiger partial charge is 0.303 e. The molecule has 1 aromatic carbocycles. The maximum Gasteiger partial charge on any atom is 0.303 e. The van der Waals surface area contributed by atoms with Crippen molar-refractivity contribution in [3.05, 3.63) is 52.0 Å². The summed E-state index contributed by atoms with van der Waals surface area (Å²) in [4.78, 5) is 44.5. The van der Waals surface area contributed by atoms with Gasteiger partial charge in [0, 0.05) is 50.4 Å². The summed E-state index contributed by atoms with van der Waals surface area (Å²) in [7, 11) is 1.62. The van der Waals surface area contributed by atoms with Crippen LogP contribution in [0, 0.1) is 11.8 Å². The average molecular weight is 632 g/mol. The third-order valence-corrected chi connectivity index (χ3v) is 8.91. The van der Waals surface area contributed by atoms with Crippen molar-refractivity contribution < 1.29 is 29.0 Å². The summed E-state index contributed by atoms with van der Waals surface area (Å²) in [6.45, 7) is 11.4. The lowest BCUT2D eigenvalue weighted by atomic mass is 9.95. The Kier molecular flexibility index (Phi) is 17.2. The number of nitrogens with zero attached hydrogens (tertiary/aromatic N) is 2. The predicted molar refractivity (Wildman–Crippen MR) is 175 cm³/mol. The summed E-state index contributed by atoms with van der Waals surface area (Å²) in [5, 5.41) is 14.6. The number of carbonyl (C=O) groups is 3. The highest BCUT2D eigenvalue weighted by Gasteiger charge is 2.32. The van der Waals surface area contributed by atoms with E-state index >= 15 is 0 Å². The van der Waals surface area contributed by atoms with Crippen molar-refractivity contribution in [1.82, 2.24) is 15.2 Å². The number of carboxylic acids is 1. The molecule has 2 aromatic rings. The molecule has 0 aliphatic rings. The van der Waals surface area contributed by atoms with Crippen molar-refractivity contribution in [3.8, 4) is 0 Å². The lowest BCUT2D eigenvalue weighted by Gasteiger charge is -2.36. The molecule has 0 saturated carbocycles. The summed E-state index contributed by atoms with van der Waals surface area (Å²) in [5.74, 6) is -0.756. The lowest BCUT2D eigenvalue weighted by Crippen LogP contribution is -2.46. The second-order valence-corrected chi connectivity index (χ2v) is 12.9. The number of aromatic nitrogens is 1. The fourth-order valence-corrected chi connectivity index (χ4v) is 5.91. The minimum absolute atomic E-state index is 0.0446. The van der Waals surface area contributed by atoms with Crippen molar-refractivity contribution in [3.63, 3.8) is 0 Å². The summed E-state index contributed by atoms with van der Waals surface area (Å²) >= 11 is 1.35. The van der Waals surface area contributed by atoms with Crippen LogP contribution >= 0.6 is 11.3 Å². The second-order valence-electron chi connectivity index (χ2n) is 12.0. The number of aliphatic carboxylic acids is 1. The van der Waals surface area contributed by atoms with Gasteiger partial charge in [-0.1, -0.05) is 84.2 Å². The van der Waals surface area contributed by atoms with Crippen LogP contribution in [0.25, 0.3) is 0 Å². The molecule has 2 amide bonds. The fourth-order valence-electron chi connectivity index (χ4n) is 5.03. The second kappa shape index (κ2) is 20.3. The van der Waals surface area contributed by atoms with Gasteiger partial charge in [0.25, 0.3) is 5.91 Å². The van der Waals surface area contributed by atoms with E-state index in [1.165, 1.54) is 11.3 Å². The van der Waals surface area contributed by atoms with Gasteiger partial charge in [-0.25, -0.2) is 4.98 Å². The molecule has 0 spiro atoms. The molecular weight excluding hydrogens is 578 g/mol. The maximum atomic E-state index is 13.5. The quantitative estimate of drug-likeness (QED) is 0.107. The Hall–Kier alpha value is -2.82. The standard InChI is InChI=1S/C34H53N3O6S/c1-7-9-13-18-43-23-37(31(38)19-25(5)8-2)29(24(3)4)21-30(42-6)34-36-28(22-44-34)33(41)35-27(16-17-32(39)40)20-26-14-11-10-12-15-26/h10-12,14-15,22,24-25,27,29-30H,7-9,13,16-21,23H2,1-6H3,(H,35,41)(H,39,40)/t25-,27?,29?,30?/m0/s1. The van der Waals surface area contributed by atoms with E-state index in [0.29, 0.717) is 37.3 Å². The highest BCUT2D eigenvalue weighted by Crippen LogP contribution is 2.30. The SMILES string of the molecule is CCCCCOCN(C(=O)C[C@@H](C)CC)C(CC(OC)c1nc(C(=O)NC(CCC(=O)O)Cc2ccccc2)cs1)C(C)C. The molecule has 0 aliphatic heterocycles. The fraction of sp³-hybridized carbons (Fsp3) is 0.647. The predicted octanol–water partition coefficient (Wildman–Crippen LogP) is 6.88. The molecule has 246 valence electrons. The van der Waals surface area contributed by atoms with Crippen LogP contribution in [0.5, 0.6) is 0 Å². The molecule has 0 saturated heterocycles. The van der Waals surface area contributed by atoms with Gasteiger partial charge in [-0.05, 0) is 36.7 Å². The molecule has 4 atom stereocenters. The van der Waals surface area contributed by atoms with Crippen molar-refractivity contribution in [2.45, 2.75) is 111 Å². The molecule has 9 nitrogen and oxygen atoms in total. The van der Waals surface area contributed by atoms with E-state index in [1.807, 2.05) is 35.2 Å². The number of hydrogen-bond donors (Lipinski definition) is 2. The van der Waals surface area contributed by atoms with Crippen LogP contribution in [0.4, 0.5) is 0 Å². The van der Waals surface area contributed by atoms with Crippen molar-refractivity contribution in [1.29, 1.82) is 0 Å². The van der Waals surface area contributed by atoms with Crippen LogP contribution in [0.2, 0.25) is 0 Å². The van der Waals surface area contributed by atoms with Gasteiger partial charge in [-0.15, -0.1) is 11.3 Å². The molecule has 0 aliphatic carbocycles. The first-order valence-electron chi connectivity index (χ1n) is 16.0. The Balaban J connectivity index is 2.19. The zero-order valence-electron chi connectivity index (χ0n) is 27.4. The van der Waals surface area contributed by atoms with Crippen LogP contribution in [-0.2, 0) is 25.5 Å². The normalized spacial score (nSPS) is 14.2. The molecule has 44 heavy (non-hydrogen) atoms. The zero-order chi connectivity index (χ0) is 32.5. The molecule has 0 fully saturated rings. The summed E-state index contributed by atoms with van der Waals surface area (Å²) < 4.78 is 11.9. The Morgan fingerprint density at radius 2 is 1.82 bits per heavy atom. The van der Waals surface area contributed by atoms with E-state index < -0.39 is 12.1 Å². The van der Waals surface area contributed by atoms with Crippen molar-refractivity contribution >= 4 is 29.1 Å². The zero-order valence-corrected chi connectivity index (χ0v) is 28.2. The number of benzene rings is 1. The van der Waals surface area contributed by atoms with Gasteiger partial charge in [0.15, 0.2) is 0 Å². The number of carbonyl (C=O) groups excluding carboxylic acids is 2. The van der Waals surface area contributed by atoms with Gasteiger partial charge in [0.1, 0.15) is 23.5 Å². The molecule has 0 radical (unpaired) electrons. The van der Waals surface area contributed by atoms with E-state index in [0.717, 1.165) is 31.2 Å². The Morgan fingerprint density at radius 3 is 2.43 bits per heavy atom. The Bertz CT molecular complexity index is 1130. The number of rotatable bonds is 22. The highest BCUT2D eigenvalue weighted by molar-refractivity contribution is 7.09. The van der Waals surface area contributed by atoms with Crippen molar-refractivity contribution in [2.75, 3.05) is 20.4 Å². The van der Waals surface area contributed by atoms with Gasteiger partial charge in [0.2, 0.25) is 5.91 Å². The molecule has 3 unspecified atom stereocenters. The molecule has 1 aromatic heterocycles. The number of amides is 2. The van der Waals surface area contributed by atoms with Gasteiger partial charge in [0.05, 0.1) is 0 Å². The first-order valence-corrected chi connectivity index (χ1v) is 16.9. The van der Waals surface area contributed by atoms with Crippen LogP contribution in [-0.4, -0.2) is 65.3 Å². The minimum atomic E-state index is -0.904. The first kappa shape index (κ1) is 37.4. The number of hydrogen-bond acceptors (Lipinski definition) is 7. The summed E-state index contributed by atoms with van der Waals surface area (Å²) in [6, 6.07) is 9.19. The Labute approximate surface area is 267 Å². The number of carboxylic acid groups (broad SMARTS) is 1. The largest absolute Gasteiger partial charge is 0.481 e. The molecule has 1 heterocycles. The number of methoxy groups -OCH3 is 1. The van der Waals surface area contributed by atoms with Crippen molar-refractivity contribution in [2.24, 2.45) is 11.8 Å². The molecule has 0 bridgehead atoms. The minimum Gasteiger partial charge on any atom is -0.481 e. The van der Waals surface area contributed by atoms with E-state index in [9.17, 15) is 19.5 Å². The van der Waals surface area contributed by atoms with Gasteiger partial charge in [-0.2, -0.15) is 0 Å². The van der Waals surface area contributed by atoms with E-state index in [1.54, 1.807) is 12.5 Å². The molecular formula is C34H53N3O6S. The molecule has 2 rings (SSSR count). The number of unbranched alkanes of at least 4 members (excludes halogenated alkanes) is 2. The van der Waals surface area contributed by atoms with Gasteiger partial charge in [-0.3, -0.25) is 14.4 Å². The molecule has 10 heteroatoms. The highest BCUT2D eigenvalue weighted by atomic mass is 32.1. The number of nitrogens with one attached hydrogen (secondary N) is 1. The van der Waals surface area contributed by atoms with E-state index in [2.05, 4.69) is 44.9 Å². The monoisotopic (exact) mass is 631 g/mol. The number of ether oxygens (including phenoxy) is 2.